The minimum absolute atomic E-state index is 0.0514. The maximum absolute atomic E-state index is 12.7. The molecule has 1 saturated heterocycles. The Hall–Kier alpha value is -1.93. The van der Waals surface area contributed by atoms with E-state index >= 15 is 0 Å². The molecule has 2 aliphatic rings. The number of rotatable bonds is 8. The van der Waals surface area contributed by atoms with Gasteiger partial charge in [0.05, 0.1) is 18.6 Å². The van der Waals surface area contributed by atoms with Gasteiger partial charge in [-0.05, 0) is 44.6 Å². The fraction of sp³-hybridized carbons (Fsp3) is 0.750. The van der Waals surface area contributed by atoms with E-state index in [0.29, 0.717) is 26.2 Å². The first-order valence-electron chi connectivity index (χ1n) is 10.4. The third-order valence-corrected chi connectivity index (χ3v) is 5.52. The number of hydrogen-bond acceptors (Lipinski definition) is 5. The van der Waals surface area contributed by atoms with Gasteiger partial charge in [-0.1, -0.05) is 6.92 Å². The van der Waals surface area contributed by atoms with Crippen LogP contribution in [0.25, 0.3) is 0 Å². The molecule has 2 heterocycles. The summed E-state index contributed by atoms with van der Waals surface area (Å²) in [6, 6.07) is 1.94. The van der Waals surface area contributed by atoms with Crippen LogP contribution in [0, 0.1) is 5.92 Å². The van der Waals surface area contributed by atoms with Gasteiger partial charge in [0.25, 0.3) is 0 Å². The van der Waals surface area contributed by atoms with E-state index in [2.05, 4.69) is 27.8 Å². The van der Waals surface area contributed by atoms with Gasteiger partial charge in [-0.3, -0.25) is 14.7 Å². The minimum Gasteiger partial charge on any atom is -0.381 e. The lowest BCUT2D eigenvalue weighted by molar-refractivity contribution is -0.130. The fourth-order valence-corrected chi connectivity index (χ4v) is 3.96. The summed E-state index contributed by atoms with van der Waals surface area (Å²) in [5.74, 6) is -0.00542. The van der Waals surface area contributed by atoms with Crippen molar-refractivity contribution >= 4 is 11.8 Å². The highest BCUT2D eigenvalue weighted by atomic mass is 16.5. The van der Waals surface area contributed by atoms with Gasteiger partial charge in [-0.2, -0.15) is 5.10 Å². The Kier molecular flexibility index (Phi) is 7.85. The predicted octanol–water partition coefficient (Wildman–Crippen LogP) is 1.33. The molecule has 0 radical (unpaired) electrons. The molecule has 2 fully saturated rings. The van der Waals surface area contributed by atoms with E-state index in [-0.39, 0.29) is 42.3 Å². The predicted molar refractivity (Wildman–Crippen MR) is 104 cm³/mol. The summed E-state index contributed by atoms with van der Waals surface area (Å²) >= 11 is 0. The summed E-state index contributed by atoms with van der Waals surface area (Å²) in [6.07, 6.45) is 6.58. The van der Waals surface area contributed by atoms with Crippen molar-refractivity contribution in [1.82, 2.24) is 20.8 Å². The first-order chi connectivity index (χ1) is 13.7. The van der Waals surface area contributed by atoms with Crippen molar-refractivity contribution in [2.45, 2.75) is 70.1 Å². The quantitative estimate of drug-likeness (QED) is 0.619. The van der Waals surface area contributed by atoms with Crippen molar-refractivity contribution in [1.29, 1.82) is 0 Å². The van der Waals surface area contributed by atoms with Gasteiger partial charge < -0.3 is 20.1 Å². The van der Waals surface area contributed by atoms with E-state index in [9.17, 15) is 9.59 Å². The maximum Gasteiger partial charge on any atom is 0.226 e. The first kappa shape index (κ1) is 20.8. The van der Waals surface area contributed by atoms with E-state index < -0.39 is 0 Å². The molecular weight excluding hydrogens is 360 g/mol. The zero-order valence-corrected chi connectivity index (χ0v) is 16.6. The van der Waals surface area contributed by atoms with Crippen LogP contribution in [0.3, 0.4) is 0 Å². The second-order valence-electron chi connectivity index (χ2n) is 7.75. The monoisotopic (exact) mass is 392 g/mol. The molecule has 1 aromatic rings. The van der Waals surface area contributed by atoms with E-state index in [4.69, 9.17) is 9.47 Å². The Morgan fingerprint density at radius 1 is 1.25 bits per heavy atom. The number of H-pyrrole nitrogens is 1. The molecule has 1 aromatic heterocycles. The largest absolute Gasteiger partial charge is 0.381 e. The van der Waals surface area contributed by atoms with Gasteiger partial charge in [-0.25, -0.2) is 0 Å². The fourth-order valence-electron chi connectivity index (χ4n) is 3.96. The van der Waals surface area contributed by atoms with E-state index in [1.165, 1.54) is 0 Å². The highest BCUT2D eigenvalue weighted by Crippen LogP contribution is 2.28. The Bertz CT molecular complexity index is 616. The highest BCUT2D eigenvalue weighted by molar-refractivity contribution is 5.80. The van der Waals surface area contributed by atoms with Crippen LogP contribution in [-0.2, 0) is 25.5 Å². The number of carbonyl (C=O) groups excluding carboxylic acids is 2. The molecule has 0 bridgehead atoms. The number of carbonyl (C=O) groups is 2. The number of aromatic amines is 1. The average Bonchev–Trinajstić information content (AvgIpc) is 3.20. The number of amides is 2. The molecule has 0 aromatic carbocycles. The Morgan fingerprint density at radius 2 is 2.07 bits per heavy atom. The molecule has 8 heteroatoms. The molecule has 3 N–H and O–H groups in total. The van der Waals surface area contributed by atoms with Gasteiger partial charge >= 0.3 is 0 Å². The van der Waals surface area contributed by atoms with Crippen LogP contribution < -0.4 is 10.6 Å². The van der Waals surface area contributed by atoms with Crippen LogP contribution in [0.2, 0.25) is 0 Å². The first-order valence-corrected chi connectivity index (χ1v) is 10.4. The molecule has 156 valence electrons. The topological polar surface area (TPSA) is 105 Å². The van der Waals surface area contributed by atoms with Gasteiger partial charge in [0, 0.05) is 43.7 Å². The minimum atomic E-state index is -0.134. The van der Waals surface area contributed by atoms with Crippen LogP contribution in [0.1, 0.15) is 51.1 Å². The summed E-state index contributed by atoms with van der Waals surface area (Å²) in [5, 5.41) is 13.0. The molecule has 28 heavy (non-hydrogen) atoms. The standard InChI is InChI=1S/C20H32N4O4/c1-2-9-28-18-12-14(20(26)22-15-6-10-27-11-7-15)3-4-17(18)23-19(25)13-16-5-8-21-24-16/h5,8,14-15,17-18H,2-4,6-7,9-13H2,1H3,(H,21,24)(H,22,26)(H,23,25)/t14-,17+,18+/m0/s1. The van der Waals surface area contributed by atoms with E-state index in [1.54, 1.807) is 12.3 Å². The molecule has 0 unspecified atom stereocenters. The van der Waals surface area contributed by atoms with Crippen molar-refractivity contribution in [2.75, 3.05) is 19.8 Å². The number of nitrogens with one attached hydrogen (secondary N) is 3. The van der Waals surface area contributed by atoms with Crippen LogP contribution >= 0.6 is 0 Å². The lowest BCUT2D eigenvalue weighted by atomic mass is 9.82. The van der Waals surface area contributed by atoms with E-state index in [0.717, 1.165) is 37.8 Å². The zero-order chi connectivity index (χ0) is 19.8. The smallest absolute Gasteiger partial charge is 0.226 e. The van der Waals surface area contributed by atoms with Crippen molar-refractivity contribution in [3.8, 4) is 0 Å². The average molecular weight is 392 g/mol. The van der Waals surface area contributed by atoms with Crippen LogP contribution in [0.4, 0.5) is 0 Å². The molecule has 0 spiro atoms. The summed E-state index contributed by atoms with van der Waals surface area (Å²) < 4.78 is 11.4. The number of nitrogens with zero attached hydrogens (tertiary/aromatic N) is 1. The Balaban J connectivity index is 1.52. The molecular formula is C20H32N4O4. The van der Waals surface area contributed by atoms with Crippen LogP contribution in [-0.4, -0.2) is 60.0 Å². The van der Waals surface area contributed by atoms with Crippen molar-refractivity contribution in [3.63, 3.8) is 0 Å². The molecule has 1 saturated carbocycles. The third kappa shape index (κ3) is 6.04. The van der Waals surface area contributed by atoms with E-state index in [1.807, 2.05) is 0 Å². The molecule has 2 amide bonds. The molecule has 1 aliphatic heterocycles. The second kappa shape index (κ2) is 10.6. The molecule has 3 rings (SSSR count). The number of ether oxygens (including phenoxy) is 2. The molecule has 8 nitrogen and oxygen atoms in total. The number of hydrogen-bond donors (Lipinski definition) is 3. The SMILES string of the molecule is CCCO[C@@H]1C[C@@H](C(=O)NC2CCOCC2)CC[C@H]1NC(=O)Cc1ccn[nH]1. The lowest BCUT2D eigenvalue weighted by Crippen LogP contribution is -2.51. The Morgan fingerprint density at radius 3 is 2.79 bits per heavy atom. The maximum atomic E-state index is 12.7. The summed E-state index contributed by atoms with van der Waals surface area (Å²) in [6.45, 7) is 4.11. The summed E-state index contributed by atoms with van der Waals surface area (Å²) in [4.78, 5) is 25.1. The third-order valence-electron chi connectivity index (χ3n) is 5.52. The normalized spacial score (nSPS) is 26.0. The zero-order valence-electron chi connectivity index (χ0n) is 16.6. The molecule has 1 aliphatic carbocycles. The van der Waals surface area contributed by atoms with Gasteiger partial charge in [0.1, 0.15) is 0 Å². The van der Waals surface area contributed by atoms with Gasteiger partial charge in [0.2, 0.25) is 11.8 Å². The molecule has 3 atom stereocenters. The lowest BCUT2D eigenvalue weighted by Gasteiger charge is -2.36. The van der Waals surface area contributed by atoms with Crippen molar-refractivity contribution in [3.05, 3.63) is 18.0 Å². The summed E-state index contributed by atoms with van der Waals surface area (Å²) in [7, 11) is 0. The highest BCUT2D eigenvalue weighted by Gasteiger charge is 2.36. The van der Waals surface area contributed by atoms with Gasteiger partial charge in [-0.15, -0.1) is 0 Å². The van der Waals surface area contributed by atoms with Crippen molar-refractivity contribution < 1.29 is 19.1 Å². The van der Waals surface area contributed by atoms with Crippen LogP contribution in [0.15, 0.2) is 12.3 Å². The van der Waals surface area contributed by atoms with Crippen molar-refractivity contribution in [2.24, 2.45) is 5.92 Å². The number of aromatic nitrogens is 2. The Labute approximate surface area is 166 Å². The van der Waals surface area contributed by atoms with Gasteiger partial charge in [0.15, 0.2) is 0 Å². The second-order valence-corrected chi connectivity index (χ2v) is 7.75. The summed E-state index contributed by atoms with van der Waals surface area (Å²) in [5.41, 5.74) is 0.785. The van der Waals surface area contributed by atoms with Crippen LogP contribution in [0.5, 0.6) is 0 Å².